The van der Waals surface area contributed by atoms with E-state index in [9.17, 15) is 14.4 Å². The van der Waals surface area contributed by atoms with Gasteiger partial charge >= 0.3 is 11.9 Å². The number of rotatable bonds is 10. The summed E-state index contributed by atoms with van der Waals surface area (Å²) in [5.74, 6) is -1.93. The second-order valence-corrected chi connectivity index (χ2v) is 8.43. The Hall–Kier alpha value is -1.28. The van der Waals surface area contributed by atoms with Crippen molar-refractivity contribution in [1.82, 2.24) is 5.32 Å². The summed E-state index contributed by atoms with van der Waals surface area (Å²) in [6, 6.07) is -2.01. The highest BCUT2D eigenvalue weighted by molar-refractivity contribution is 8.00. The van der Waals surface area contributed by atoms with Crippen molar-refractivity contribution in [3.05, 3.63) is 0 Å². The molecule has 1 aliphatic rings. The second-order valence-electron chi connectivity index (χ2n) is 6.95. The van der Waals surface area contributed by atoms with Crippen LogP contribution < -0.4 is 11.1 Å². The Kier molecular flexibility index (Phi) is 10.0. The molecule has 0 heterocycles. The summed E-state index contributed by atoms with van der Waals surface area (Å²) >= 11 is 1.73. The first-order valence-electron chi connectivity index (χ1n) is 9.33. The molecule has 8 heteroatoms. The van der Waals surface area contributed by atoms with E-state index in [2.05, 4.69) is 12.2 Å². The fraction of sp³-hybridized carbons (Fsp3) is 0.833. The third kappa shape index (κ3) is 7.53. The number of hydrogen-bond donors (Lipinski definition) is 3. The van der Waals surface area contributed by atoms with E-state index in [0.717, 1.165) is 25.7 Å². The highest BCUT2D eigenvalue weighted by Gasteiger charge is 2.34. The van der Waals surface area contributed by atoms with Gasteiger partial charge in [-0.2, -0.15) is 11.8 Å². The molecule has 1 amide bonds. The monoisotopic (exact) mass is 388 g/mol. The normalized spacial score (nSPS) is 19.0. The zero-order valence-corrected chi connectivity index (χ0v) is 16.6. The number of nitrogens with one attached hydrogen (secondary N) is 1. The van der Waals surface area contributed by atoms with E-state index in [0.29, 0.717) is 5.75 Å². The Bertz CT molecular complexity index is 478. The number of carbonyl (C=O) groups excluding carboxylic acids is 2. The van der Waals surface area contributed by atoms with E-state index in [4.69, 9.17) is 15.6 Å². The lowest BCUT2D eigenvalue weighted by Gasteiger charge is -2.33. The van der Waals surface area contributed by atoms with Gasteiger partial charge in [0.2, 0.25) is 5.91 Å². The number of hydrogen-bond acceptors (Lipinski definition) is 6. The van der Waals surface area contributed by atoms with Crippen molar-refractivity contribution in [3.8, 4) is 0 Å². The van der Waals surface area contributed by atoms with Gasteiger partial charge < -0.3 is 20.9 Å². The van der Waals surface area contributed by atoms with Crippen LogP contribution in [0.1, 0.15) is 64.7 Å². The molecule has 0 saturated heterocycles. The predicted octanol–water partition coefficient (Wildman–Crippen LogP) is 2.07. The molecule has 0 radical (unpaired) electrons. The molecule has 150 valence electrons. The molecule has 1 fully saturated rings. The van der Waals surface area contributed by atoms with Gasteiger partial charge in [0.25, 0.3) is 0 Å². The second kappa shape index (κ2) is 11.4. The fourth-order valence-corrected chi connectivity index (χ4v) is 5.09. The Morgan fingerprint density at radius 3 is 2.35 bits per heavy atom. The summed E-state index contributed by atoms with van der Waals surface area (Å²) in [7, 11) is 1.27. The van der Waals surface area contributed by atoms with Crippen molar-refractivity contribution in [2.45, 2.75) is 81.5 Å². The molecule has 0 aromatic heterocycles. The fourth-order valence-electron chi connectivity index (χ4n) is 3.43. The first-order valence-corrected chi connectivity index (χ1v) is 10.3. The van der Waals surface area contributed by atoms with Crippen LogP contribution in [0, 0.1) is 0 Å². The molecule has 0 unspecified atom stereocenters. The first kappa shape index (κ1) is 22.8. The number of ether oxygens (including phenoxy) is 1. The Morgan fingerprint density at radius 1 is 1.23 bits per heavy atom. The molecule has 0 aliphatic heterocycles. The van der Waals surface area contributed by atoms with Gasteiger partial charge in [0.1, 0.15) is 6.04 Å². The molecule has 1 saturated carbocycles. The number of carboxylic acid groups (broad SMARTS) is 1. The summed E-state index contributed by atoms with van der Waals surface area (Å²) < 4.78 is 4.94. The lowest BCUT2D eigenvalue weighted by atomic mass is 9.94. The number of methoxy groups -OCH3 is 1. The van der Waals surface area contributed by atoms with E-state index in [1.807, 2.05) is 0 Å². The third-order valence-corrected chi connectivity index (χ3v) is 6.53. The van der Waals surface area contributed by atoms with Crippen molar-refractivity contribution < 1.29 is 24.2 Å². The number of carboxylic acids is 1. The van der Waals surface area contributed by atoms with E-state index in [1.165, 1.54) is 32.8 Å². The van der Waals surface area contributed by atoms with E-state index in [-0.39, 0.29) is 4.75 Å². The van der Waals surface area contributed by atoms with E-state index < -0.39 is 36.4 Å². The SMILES string of the molecule is CCCC1(SC[C@H](NC(=O)[C@@H](N)CC(=O)O)C(=O)OC)CCCCCC1. The Labute approximate surface area is 159 Å². The van der Waals surface area contributed by atoms with Crippen LogP contribution in [0.4, 0.5) is 0 Å². The predicted molar refractivity (Wildman–Crippen MR) is 102 cm³/mol. The number of amides is 1. The number of nitrogens with two attached hydrogens (primary N) is 1. The summed E-state index contributed by atoms with van der Waals surface area (Å²) in [6.45, 7) is 2.16. The average Bonchev–Trinajstić information content (AvgIpc) is 2.83. The molecule has 0 spiro atoms. The molecule has 4 N–H and O–H groups in total. The van der Waals surface area contributed by atoms with E-state index in [1.54, 1.807) is 11.8 Å². The minimum Gasteiger partial charge on any atom is -0.481 e. The summed E-state index contributed by atoms with van der Waals surface area (Å²) in [5, 5.41) is 11.3. The van der Waals surface area contributed by atoms with Gasteiger partial charge in [-0.25, -0.2) is 4.79 Å². The number of thioether (sulfide) groups is 1. The molecule has 0 aromatic rings. The van der Waals surface area contributed by atoms with Crippen molar-refractivity contribution in [2.75, 3.05) is 12.9 Å². The number of esters is 1. The molecule has 7 nitrogen and oxygen atoms in total. The van der Waals surface area contributed by atoms with Gasteiger partial charge in [0.15, 0.2) is 0 Å². The van der Waals surface area contributed by atoms with Gasteiger partial charge in [-0.1, -0.05) is 39.0 Å². The summed E-state index contributed by atoms with van der Waals surface area (Å²) in [6.07, 6.45) is 8.77. The van der Waals surface area contributed by atoms with Crippen molar-refractivity contribution in [1.29, 1.82) is 0 Å². The highest BCUT2D eigenvalue weighted by Crippen LogP contribution is 2.42. The maximum Gasteiger partial charge on any atom is 0.329 e. The van der Waals surface area contributed by atoms with Crippen LogP contribution in [-0.2, 0) is 19.1 Å². The summed E-state index contributed by atoms with van der Waals surface area (Å²) in [5.41, 5.74) is 5.59. The molecular weight excluding hydrogens is 356 g/mol. The molecular formula is C18H32N2O5S. The van der Waals surface area contributed by atoms with Crippen LogP contribution in [-0.4, -0.2) is 52.6 Å². The van der Waals surface area contributed by atoms with Gasteiger partial charge in [0, 0.05) is 10.5 Å². The van der Waals surface area contributed by atoms with Crippen LogP contribution in [0.2, 0.25) is 0 Å². The lowest BCUT2D eigenvalue weighted by molar-refractivity contribution is -0.144. The third-order valence-electron chi connectivity index (χ3n) is 4.81. The first-order chi connectivity index (χ1) is 12.3. The summed E-state index contributed by atoms with van der Waals surface area (Å²) in [4.78, 5) is 34.9. The van der Waals surface area contributed by atoms with Crippen molar-refractivity contribution in [2.24, 2.45) is 5.73 Å². The topological polar surface area (TPSA) is 119 Å². The molecule has 0 bridgehead atoms. The smallest absolute Gasteiger partial charge is 0.329 e. The quantitative estimate of drug-likeness (QED) is 0.387. The highest BCUT2D eigenvalue weighted by atomic mass is 32.2. The Morgan fingerprint density at radius 2 is 1.85 bits per heavy atom. The largest absolute Gasteiger partial charge is 0.481 e. The zero-order valence-electron chi connectivity index (χ0n) is 15.8. The van der Waals surface area contributed by atoms with Gasteiger partial charge in [0.05, 0.1) is 19.6 Å². The van der Waals surface area contributed by atoms with Gasteiger partial charge in [-0.05, 0) is 19.3 Å². The van der Waals surface area contributed by atoms with Crippen LogP contribution >= 0.6 is 11.8 Å². The molecule has 0 aromatic carbocycles. The van der Waals surface area contributed by atoms with Crippen LogP contribution in [0.3, 0.4) is 0 Å². The van der Waals surface area contributed by atoms with Crippen LogP contribution in [0.15, 0.2) is 0 Å². The van der Waals surface area contributed by atoms with E-state index >= 15 is 0 Å². The average molecular weight is 389 g/mol. The molecule has 1 rings (SSSR count). The minimum atomic E-state index is -1.19. The Balaban J connectivity index is 2.74. The van der Waals surface area contributed by atoms with Crippen LogP contribution in [0.5, 0.6) is 0 Å². The van der Waals surface area contributed by atoms with Crippen LogP contribution in [0.25, 0.3) is 0 Å². The van der Waals surface area contributed by atoms with Gasteiger partial charge in [-0.3, -0.25) is 9.59 Å². The van der Waals surface area contributed by atoms with Crippen molar-refractivity contribution >= 4 is 29.6 Å². The standard InChI is InChI=1S/C18H32N2O5S/c1-3-8-18(9-6-4-5-7-10-18)26-12-14(17(24)25-2)20-16(23)13(19)11-15(21)22/h13-14H,3-12,19H2,1-2H3,(H,20,23)(H,21,22)/t13-,14-/m0/s1. The molecule has 2 atom stereocenters. The maximum absolute atomic E-state index is 12.1. The molecule has 1 aliphatic carbocycles. The number of carbonyl (C=O) groups is 3. The molecule has 26 heavy (non-hydrogen) atoms. The van der Waals surface area contributed by atoms with Crippen molar-refractivity contribution in [3.63, 3.8) is 0 Å². The maximum atomic E-state index is 12.1. The lowest BCUT2D eigenvalue weighted by Crippen LogP contribution is -2.51. The minimum absolute atomic E-state index is 0.130. The number of aliphatic carboxylic acids is 1. The van der Waals surface area contributed by atoms with Gasteiger partial charge in [-0.15, -0.1) is 0 Å². The zero-order chi connectivity index (χ0) is 19.6.